The van der Waals surface area contributed by atoms with Crippen molar-refractivity contribution in [3.63, 3.8) is 0 Å². The number of ether oxygens (including phenoxy) is 1. The van der Waals surface area contributed by atoms with Crippen molar-refractivity contribution in [1.82, 2.24) is 9.88 Å². The Balaban J connectivity index is 1.57. The fourth-order valence-corrected chi connectivity index (χ4v) is 3.91. The van der Waals surface area contributed by atoms with Crippen LogP contribution in [-0.2, 0) is 4.74 Å². The number of benzene rings is 2. The molecule has 1 aliphatic heterocycles. The molecule has 31 heavy (non-hydrogen) atoms. The van der Waals surface area contributed by atoms with Crippen LogP contribution in [0, 0.1) is 6.92 Å². The molecule has 2 aromatic heterocycles. The second-order valence-electron chi connectivity index (χ2n) is 7.49. The lowest BCUT2D eigenvalue weighted by Crippen LogP contribution is -2.40. The van der Waals surface area contributed by atoms with Gasteiger partial charge in [0.2, 0.25) is 5.76 Å². The van der Waals surface area contributed by atoms with E-state index in [4.69, 9.17) is 9.15 Å². The van der Waals surface area contributed by atoms with Gasteiger partial charge in [0.05, 0.1) is 24.3 Å². The fraction of sp³-hybridized carbons (Fsp3) is 0.208. The lowest BCUT2D eigenvalue weighted by Gasteiger charge is -2.26. The predicted octanol–water partition coefficient (Wildman–Crippen LogP) is 4.01. The Morgan fingerprint density at radius 1 is 1.00 bits per heavy atom. The number of nitrogens with one attached hydrogen (secondary N) is 1. The van der Waals surface area contributed by atoms with Crippen LogP contribution in [0.1, 0.15) is 26.6 Å². The average Bonchev–Trinajstić information content (AvgIpc) is 3.17. The largest absolute Gasteiger partial charge is 0.449 e. The monoisotopic (exact) mass is 415 g/mol. The highest BCUT2D eigenvalue weighted by Crippen LogP contribution is 2.33. The molecule has 7 nitrogen and oxygen atoms in total. The summed E-state index contributed by atoms with van der Waals surface area (Å²) in [7, 11) is 0. The van der Waals surface area contributed by atoms with E-state index in [9.17, 15) is 9.59 Å². The van der Waals surface area contributed by atoms with Gasteiger partial charge in [-0.3, -0.25) is 14.6 Å². The number of fused-ring (bicyclic) bond motifs is 2. The molecule has 0 spiro atoms. The summed E-state index contributed by atoms with van der Waals surface area (Å²) < 4.78 is 11.3. The van der Waals surface area contributed by atoms with Crippen molar-refractivity contribution in [1.29, 1.82) is 0 Å². The summed E-state index contributed by atoms with van der Waals surface area (Å²) in [5.74, 6) is -0.443. The van der Waals surface area contributed by atoms with E-state index < -0.39 is 0 Å². The number of para-hydroxylation sites is 2. The molecule has 7 heteroatoms. The molecule has 3 heterocycles. The third-order valence-electron chi connectivity index (χ3n) is 5.42. The SMILES string of the molecule is Cc1cc(C(=O)Nc2c(C(=O)N3CCOCC3)oc3ccccc23)c2ccccc2n1. The Hall–Kier alpha value is -3.71. The van der Waals surface area contributed by atoms with Crippen LogP contribution in [-0.4, -0.2) is 48.0 Å². The zero-order chi connectivity index (χ0) is 21.4. The maximum absolute atomic E-state index is 13.3. The third kappa shape index (κ3) is 3.53. The third-order valence-corrected chi connectivity index (χ3v) is 5.42. The topological polar surface area (TPSA) is 84.7 Å². The quantitative estimate of drug-likeness (QED) is 0.546. The van der Waals surface area contributed by atoms with Crippen molar-refractivity contribution in [2.45, 2.75) is 6.92 Å². The maximum Gasteiger partial charge on any atom is 0.291 e. The number of hydrogen-bond donors (Lipinski definition) is 1. The minimum absolute atomic E-state index is 0.131. The molecular formula is C24H21N3O4. The van der Waals surface area contributed by atoms with Gasteiger partial charge in [0.25, 0.3) is 11.8 Å². The van der Waals surface area contributed by atoms with Gasteiger partial charge in [-0.25, -0.2) is 0 Å². The summed E-state index contributed by atoms with van der Waals surface area (Å²) in [6.45, 7) is 3.78. The Morgan fingerprint density at radius 2 is 1.71 bits per heavy atom. The molecule has 1 N–H and O–H groups in total. The van der Waals surface area contributed by atoms with Gasteiger partial charge in [-0.05, 0) is 31.2 Å². The van der Waals surface area contributed by atoms with E-state index in [1.54, 1.807) is 17.0 Å². The molecule has 0 radical (unpaired) electrons. The molecule has 0 saturated carbocycles. The molecular weight excluding hydrogens is 394 g/mol. The number of rotatable bonds is 3. The number of carbonyl (C=O) groups excluding carboxylic acids is 2. The number of nitrogens with zero attached hydrogens (tertiary/aromatic N) is 2. The molecule has 0 aliphatic carbocycles. The molecule has 4 aromatic rings. The van der Waals surface area contributed by atoms with Gasteiger partial charge in [-0.15, -0.1) is 0 Å². The van der Waals surface area contributed by atoms with E-state index in [1.807, 2.05) is 49.4 Å². The zero-order valence-electron chi connectivity index (χ0n) is 17.1. The Morgan fingerprint density at radius 3 is 2.52 bits per heavy atom. The normalized spacial score (nSPS) is 14.2. The number of anilines is 1. The first-order chi connectivity index (χ1) is 15.1. The van der Waals surface area contributed by atoms with Gasteiger partial charge in [0, 0.05) is 29.6 Å². The van der Waals surface area contributed by atoms with Gasteiger partial charge in [-0.2, -0.15) is 0 Å². The van der Waals surface area contributed by atoms with E-state index in [0.717, 1.165) is 16.6 Å². The minimum Gasteiger partial charge on any atom is -0.449 e. The first kappa shape index (κ1) is 19.3. The smallest absolute Gasteiger partial charge is 0.291 e. The summed E-state index contributed by atoms with van der Waals surface area (Å²) in [5, 5.41) is 4.38. The number of hydrogen-bond acceptors (Lipinski definition) is 5. The van der Waals surface area contributed by atoms with Crippen LogP contribution in [0.4, 0.5) is 5.69 Å². The second kappa shape index (κ2) is 7.85. The number of amides is 2. The van der Waals surface area contributed by atoms with Crippen molar-refractivity contribution in [2.75, 3.05) is 31.6 Å². The molecule has 0 bridgehead atoms. The number of pyridine rings is 1. The van der Waals surface area contributed by atoms with E-state index in [0.29, 0.717) is 48.5 Å². The lowest BCUT2D eigenvalue weighted by molar-refractivity contribution is 0.0285. The average molecular weight is 415 g/mol. The molecule has 156 valence electrons. The molecule has 2 amide bonds. The van der Waals surface area contributed by atoms with Gasteiger partial charge in [0.1, 0.15) is 11.3 Å². The van der Waals surface area contributed by atoms with E-state index in [-0.39, 0.29) is 17.6 Å². The van der Waals surface area contributed by atoms with Crippen LogP contribution >= 0.6 is 0 Å². The number of aryl methyl sites for hydroxylation is 1. The number of carbonyl (C=O) groups is 2. The standard InChI is InChI=1S/C24H21N3O4/c1-15-14-18(16-6-2-4-8-19(16)25-15)23(28)26-21-17-7-3-5-9-20(17)31-22(21)24(29)27-10-12-30-13-11-27/h2-9,14H,10-13H2,1H3,(H,26,28). The molecule has 0 atom stereocenters. The van der Waals surface area contributed by atoms with E-state index >= 15 is 0 Å². The zero-order valence-corrected chi connectivity index (χ0v) is 17.1. The highest BCUT2D eigenvalue weighted by atomic mass is 16.5. The fourth-order valence-electron chi connectivity index (χ4n) is 3.91. The van der Waals surface area contributed by atoms with Crippen molar-refractivity contribution >= 4 is 39.4 Å². The van der Waals surface area contributed by atoms with E-state index in [2.05, 4.69) is 10.3 Å². The van der Waals surface area contributed by atoms with Crippen LogP contribution in [0.25, 0.3) is 21.9 Å². The van der Waals surface area contributed by atoms with Gasteiger partial charge >= 0.3 is 0 Å². The molecule has 2 aromatic carbocycles. The van der Waals surface area contributed by atoms with Crippen molar-refractivity contribution in [2.24, 2.45) is 0 Å². The van der Waals surface area contributed by atoms with Gasteiger partial charge in [-0.1, -0.05) is 30.3 Å². The van der Waals surface area contributed by atoms with Gasteiger partial charge < -0.3 is 19.4 Å². The Bertz CT molecular complexity index is 1300. The number of morpholine rings is 1. The Kier molecular flexibility index (Phi) is 4.88. The summed E-state index contributed by atoms with van der Waals surface area (Å²) in [6.07, 6.45) is 0. The summed E-state index contributed by atoms with van der Waals surface area (Å²) in [6, 6.07) is 16.6. The van der Waals surface area contributed by atoms with Crippen LogP contribution in [0.2, 0.25) is 0 Å². The number of furan rings is 1. The molecule has 5 rings (SSSR count). The molecule has 1 aliphatic rings. The predicted molar refractivity (Wildman–Crippen MR) is 117 cm³/mol. The molecule has 1 fully saturated rings. The number of aromatic nitrogens is 1. The lowest BCUT2D eigenvalue weighted by atomic mass is 10.1. The summed E-state index contributed by atoms with van der Waals surface area (Å²) >= 11 is 0. The first-order valence-electron chi connectivity index (χ1n) is 10.2. The maximum atomic E-state index is 13.3. The van der Waals surface area contributed by atoms with Gasteiger partial charge in [0.15, 0.2) is 0 Å². The molecule has 0 unspecified atom stereocenters. The van der Waals surface area contributed by atoms with Crippen molar-refractivity contribution < 1.29 is 18.7 Å². The summed E-state index contributed by atoms with van der Waals surface area (Å²) in [4.78, 5) is 32.7. The van der Waals surface area contributed by atoms with Crippen molar-refractivity contribution in [3.05, 3.63) is 71.6 Å². The van der Waals surface area contributed by atoms with Crippen LogP contribution < -0.4 is 5.32 Å². The van der Waals surface area contributed by atoms with Crippen LogP contribution in [0.3, 0.4) is 0 Å². The first-order valence-corrected chi connectivity index (χ1v) is 10.2. The highest BCUT2D eigenvalue weighted by molar-refractivity contribution is 6.17. The van der Waals surface area contributed by atoms with Crippen LogP contribution in [0.5, 0.6) is 0 Å². The second-order valence-corrected chi connectivity index (χ2v) is 7.49. The molecule has 1 saturated heterocycles. The van der Waals surface area contributed by atoms with Crippen molar-refractivity contribution in [3.8, 4) is 0 Å². The summed E-state index contributed by atoms with van der Waals surface area (Å²) in [5.41, 5.74) is 2.92. The Labute approximate surface area is 178 Å². The minimum atomic E-state index is -0.315. The highest BCUT2D eigenvalue weighted by Gasteiger charge is 2.28. The van der Waals surface area contributed by atoms with E-state index in [1.165, 1.54) is 0 Å². The van der Waals surface area contributed by atoms with Crippen LogP contribution in [0.15, 0.2) is 59.0 Å².